The van der Waals surface area contributed by atoms with Crippen molar-refractivity contribution in [2.45, 2.75) is 65.8 Å². The summed E-state index contributed by atoms with van der Waals surface area (Å²) in [6.45, 7) is 8.59. The smallest absolute Gasteiger partial charge is 0.223 e. The summed E-state index contributed by atoms with van der Waals surface area (Å²) in [4.78, 5) is 25.7. The van der Waals surface area contributed by atoms with Gasteiger partial charge >= 0.3 is 0 Å². The van der Waals surface area contributed by atoms with Gasteiger partial charge in [0.05, 0.1) is 6.04 Å². The number of ketones is 1. The zero-order valence-corrected chi connectivity index (χ0v) is 18.5. The van der Waals surface area contributed by atoms with Crippen LogP contribution in [-0.4, -0.2) is 23.9 Å². The van der Waals surface area contributed by atoms with Crippen molar-refractivity contribution in [2.24, 2.45) is 23.2 Å². The number of rotatable bonds is 10. The highest BCUT2D eigenvalue weighted by molar-refractivity contribution is 7.16. The summed E-state index contributed by atoms with van der Waals surface area (Å²) in [5, 5.41) is 3.04. The second-order valence-corrected chi connectivity index (χ2v) is 9.77. The minimum atomic E-state index is -0.442. The number of carbonyl (C=O) groups excluding carboxylic acids is 2. The molecule has 0 saturated heterocycles. The molecule has 1 aliphatic rings. The third kappa shape index (κ3) is 7.37. The molecule has 27 heavy (non-hydrogen) atoms. The van der Waals surface area contributed by atoms with E-state index < -0.39 is 6.04 Å². The largest absolute Gasteiger partial charge is 0.346 e. The van der Waals surface area contributed by atoms with Gasteiger partial charge in [-0.1, -0.05) is 70.9 Å². The maximum atomic E-state index is 13.2. The van der Waals surface area contributed by atoms with Gasteiger partial charge in [-0.15, -0.1) is 9.24 Å². The SMILES string of the molecule is CC(CP)C(=O)NC(Cc1ccccc1)C(=O)CC(CC1CC1)C(C)(C)C. The average Bonchev–Trinajstić information content (AvgIpc) is 3.44. The molecular weight excluding hydrogens is 353 g/mol. The van der Waals surface area contributed by atoms with Crippen LogP contribution < -0.4 is 5.32 Å². The van der Waals surface area contributed by atoms with Gasteiger partial charge in [0.2, 0.25) is 5.91 Å². The Labute approximate surface area is 167 Å². The molecule has 1 aliphatic carbocycles. The Morgan fingerprint density at radius 3 is 2.33 bits per heavy atom. The molecule has 1 fully saturated rings. The van der Waals surface area contributed by atoms with Crippen LogP contribution in [0.5, 0.6) is 0 Å². The van der Waals surface area contributed by atoms with Gasteiger partial charge in [0.15, 0.2) is 5.78 Å². The normalized spacial score (nSPS) is 17.8. The minimum Gasteiger partial charge on any atom is -0.346 e. The van der Waals surface area contributed by atoms with Crippen LogP contribution in [0.25, 0.3) is 0 Å². The Kier molecular flexibility index (Phi) is 8.04. The number of hydrogen-bond acceptors (Lipinski definition) is 2. The molecule has 1 saturated carbocycles. The van der Waals surface area contributed by atoms with Crippen LogP contribution in [0, 0.1) is 23.2 Å². The standard InChI is InChI=1S/C23H36NO2P/c1-16(15-27)22(26)24-20(13-17-8-6-5-7-9-17)21(25)14-19(23(2,3)4)12-18-10-11-18/h5-9,16,18-20H,10-15,27H2,1-4H3,(H,24,26). The molecule has 4 heteroatoms. The number of amides is 1. The van der Waals surface area contributed by atoms with Crippen molar-refractivity contribution in [3.63, 3.8) is 0 Å². The lowest BCUT2D eigenvalue weighted by Gasteiger charge is -2.32. The Morgan fingerprint density at radius 1 is 1.19 bits per heavy atom. The van der Waals surface area contributed by atoms with E-state index in [1.807, 2.05) is 37.3 Å². The van der Waals surface area contributed by atoms with Gasteiger partial charge in [0.25, 0.3) is 0 Å². The van der Waals surface area contributed by atoms with Crippen LogP contribution in [0.3, 0.4) is 0 Å². The molecular formula is C23H36NO2P. The molecule has 3 nitrogen and oxygen atoms in total. The molecule has 0 aromatic heterocycles. The number of nitrogens with one attached hydrogen (secondary N) is 1. The van der Waals surface area contributed by atoms with Crippen molar-refractivity contribution in [3.8, 4) is 0 Å². The minimum absolute atomic E-state index is 0.0335. The first-order chi connectivity index (χ1) is 12.7. The Balaban J connectivity index is 2.11. The van der Waals surface area contributed by atoms with Gasteiger partial charge in [0, 0.05) is 12.3 Å². The summed E-state index contributed by atoms with van der Waals surface area (Å²) >= 11 is 0. The summed E-state index contributed by atoms with van der Waals surface area (Å²) < 4.78 is 0. The molecule has 1 N–H and O–H groups in total. The van der Waals surface area contributed by atoms with Gasteiger partial charge < -0.3 is 5.32 Å². The topological polar surface area (TPSA) is 46.2 Å². The fourth-order valence-electron chi connectivity index (χ4n) is 3.40. The number of carbonyl (C=O) groups is 2. The highest BCUT2D eigenvalue weighted by atomic mass is 31.0. The van der Waals surface area contributed by atoms with E-state index in [-0.39, 0.29) is 23.0 Å². The average molecular weight is 390 g/mol. The lowest BCUT2D eigenvalue weighted by molar-refractivity contribution is -0.130. The van der Waals surface area contributed by atoms with Gasteiger partial charge in [-0.3, -0.25) is 9.59 Å². The van der Waals surface area contributed by atoms with Gasteiger partial charge in [-0.2, -0.15) is 0 Å². The van der Waals surface area contributed by atoms with Crippen LogP contribution in [0.15, 0.2) is 30.3 Å². The van der Waals surface area contributed by atoms with E-state index in [4.69, 9.17) is 0 Å². The number of benzene rings is 1. The fraction of sp³-hybridized carbons (Fsp3) is 0.652. The second kappa shape index (κ2) is 9.82. The molecule has 1 aromatic carbocycles. The molecule has 1 amide bonds. The predicted molar refractivity (Wildman–Crippen MR) is 116 cm³/mol. The van der Waals surface area contributed by atoms with Crippen LogP contribution in [0.4, 0.5) is 0 Å². The molecule has 0 radical (unpaired) electrons. The van der Waals surface area contributed by atoms with Crippen molar-refractivity contribution in [1.82, 2.24) is 5.32 Å². The molecule has 2 rings (SSSR count). The summed E-state index contributed by atoms with van der Waals surface area (Å²) in [6, 6.07) is 9.54. The van der Waals surface area contributed by atoms with Crippen molar-refractivity contribution in [2.75, 3.05) is 6.16 Å². The lowest BCUT2D eigenvalue weighted by Crippen LogP contribution is -2.46. The molecule has 0 bridgehead atoms. The van der Waals surface area contributed by atoms with Crippen LogP contribution >= 0.6 is 9.24 Å². The van der Waals surface area contributed by atoms with Crippen LogP contribution in [0.1, 0.15) is 58.9 Å². The molecule has 4 atom stereocenters. The van der Waals surface area contributed by atoms with Crippen molar-refractivity contribution in [3.05, 3.63) is 35.9 Å². The van der Waals surface area contributed by atoms with E-state index >= 15 is 0 Å². The Hall–Kier alpha value is -1.21. The maximum Gasteiger partial charge on any atom is 0.223 e. The summed E-state index contributed by atoms with van der Waals surface area (Å²) in [5.41, 5.74) is 1.19. The van der Waals surface area contributed by atoms with E-state index in [2.05, 4.69) is 35.3 Å². The monoisotopic (exact) mass is 389 g/mol. The predicted octanol–water partition coefficient (Wildman–Crippen LogP) is 4.65. The summed E-state index contributed by atoms with van der Waals surface area (Å²) in [5.74, 6) is 1.19. The van der Waals surface area contributed by atoms with Crippen molar-refractivity contribution >= 4 is 20.9 Å². The quantitative estimate of drug-likeness (QED) is 0.592. The molecule has 1 aromatic rings. The van der Waals surface area contributed by atoms with E-state index in [1.54, 1.807) is 0 Å². The highest BCUT2D eigenvalue weighted by Gasteiger charge is 2.35. The van der Waals surface area contributed by atoms with Gasteiger partial charge in [0.1, 0.15) is 0 Å². The van der Waals surface area contributed by atoms with Crippen molar-refractivity contribution < 1.29 is 9.59 Å². The van der Waals surface area contributed by atoms with E-state index in [0.29, 0.717) is 24.9 Å². The lowest BCUT2D eigenvalue weighted by atomic mass is 9.74. The zero-order chi connectivity index (χ0) is 20.0. The van der Waals surface area contributed by atoms with E-state index in [1.165, 1.54) is 12.8 Å². The van der Waals surface area contributed by atoms with E-state index in [9.17, 15) is 9.59 Å². The first kappa shape index (κ1) is 22.1. The third-order valence-corrected chi connectivity index (χ3v) is 6.48. The first-order valence-corrected chi connectivity index (χ1v) is 11.1. The Morgan fingerprint density at radius 2 is 1.81 bits per heavy atom. The van der Waals surface area contributed by atoms with Gasteiger partial charge in [-0.25, -0.2) is 0 Å². The fourth-order valence-corrected chi connectivity index (χ4v) is 3.61. The molecule has 0 spiro atoms. The Bertz CT molecular complexity index is 619. The molecule has 0 aliphatic heterocycles. The maximum absolute atomic E-state index is 13.2. The summed E-state index contributed by atoms with van der Waals surface area (Å²) in [6.07, 6.45) is 5.54. The van der Waals surface area contributed by atoms with E-state index in [0.717, 1.165) is 17.9 Å². The van der Waals surface area contributed by atoms with Crippen molar-refractivity contribution in [1.29, 1.82) is 0 Å². The van der Waals surface area contributed by atoms with Crippen LogP contribution in [0.2, 0.25) is 0 Å². The third-order valence-electron chi connectivity index (χ3n) is 5.78. The zero-order valence-electron chi connectivity index (χ0n) is 17.3. The van der Waals surface area contributed by atoms with Gasteiger partial charge in [-0.05, 0) is 41.8 Å². The number of hydrogen-bond donors (Lipinski definition) is 1. The highest BCUT2D eigenvalue weighted by Crippen LogP contribution is 2.42. The first-order valence-electron chi connectivity index (χ1n) is 10.3. The molecule has 0 heterocycles. The molecule has 4 unspecified atom stereocenters. The van der Waals surface area contributed by atoms with Crippen LogP contribution in [-0.2, 0) is 16.0 Å². The second-order valence-electron chi connectivity index (χ2n) is 9.30. The molecule has 150 valence electrons. The number of Topliss-reactive ketones (excluding diaryl/α,β-unsaturated/α-hetero) is 1. The summed E-state index contributed by atoms with van der Waals surface area (Å²) in [7, 11) is 2.61.